The molecule has 1 aromatic carbocycles. The summed E-state index contributed by atoms with van der Waals surface area (Å²) in [6.45, 7) is 8.69. The topological polar surface area (TPSA) is 29.9 Å². The second-order valence-electron chi connectivity index (χ2n) is 6.01. The highest BCUT2D eigenvalue weighted by atomic mass is 15.3. The Labute approximate surface area is 128 Å². The van der Waals surface area contributed by atoms with E-state index in [0.717, 1.165) is 5.69 Å². The molecule has 1 unspecified atom stereocenters. The molecule has 0 spiro atoms. The second kappa shape index (κ2) is 7.30. The first kappa shape index (κ1) is 15.6. The molecule has 2 aromatic rings. The van der Waals surface area contributed by atoms with Gasteiger partial charge in [-0.25, -0.2) is 0 Å². The lowest BCUT2D eigenvalue weighted by atomic mass is 10.0. The van der Waals surface area contributed by atoms with Gasteiger partial charge in [0.05, 0.1) is 11.9 Å². The van der Waals surface area contributed by atoms with Gasteiger partial charge in [-0.05, 0) is 44.7 Å². The Kier molecular flexibility index (Phi) is 5.43. The number of benzene rings is 1. The van der Waals surface area contributed by atoms with Crippen molar-refractivity contribution in [2.45, 2.75) is 59.0 Å². The van der Waals surface area contributed by atoms with Gasteiger partial charge >= 0.3 is 0 Å². The van der Waals surface area contributed by atoms with Crippen molar-refractivity contribution in [2.75, 3.05) is 5.32 Å². The van der Waals surface area contributed by atoms with E-state index >= 15 is 0 Å². The molecule has 21 heavy (non-hydrogen) atoms. The third-order valence-corrected chi connectivity index (χ3v) is 3.81. The molecule has 1 aromatic heterocycles. The average Bonchev–Trinajstić information content (AvgIpc) is 2.94. The van der Waals surface area contributed by atoms with E-state index in [1.165, 1.54) is 30.4 Å². The predicted molar refractivity (Wildman–Crippen MR) is 89.7 cm³/mol. The number of hydrogen-bond acceptors (Lipinski definition) is 2. The molecular formula is C18H27N3. The lowest BCUT2D eigenvalue weighted by Crippen LogP contribution is -2.06. The Bertz CT molecular complexity index is 540. The van der Waals surface area contributed by atoms with Crippen LogP contribution < -0.4 is 5.32 Å². The van der Waals surface area contributed by atoms with Crippen molar-refractivity contribution >= 4 is 5.69 Å². The fraction of sp³-hybridized carbons (Fsp3) is 0.500. The number of nitrogens with one attached hydrogen (secondary N) is 1. The van der Waals surface area contributed by atoms with Crippen LogP contribution in [0.2, 0.25) is 0 Å². The van der Waals surface area contributed by atoms with Crippen LogP contribution in [0, 0.1) is 0 Å². The lowest BCUT2D eigenvalue weighted by Gasteiger charge is -2.14. The van der Waals surface area contributed by atoms with E-state index in [9.17, 15) is 0 Å². The number of aromatic nitrogens is 2. The fourth-order valence-electron chi connectivity index (χ4n) is 2.38. The van der Waals surface area contributed by atoms with Crippen LogP contribution in [0.25, 0.3) is 0 Å². The second-order valence-corrected chi connectivity index (χ2v) is 6.01. The van der Waals surface area contributed by atoms with E-state index in [-0.39, 0.29) is 6.04 Å². The standard InChI is InChI=1S/C18H27N3/c1-5-6-7-16-8-10-17(11-9-16)15(4)20-18-12-19-21(13-18)14(2)3/h8-15,20H,5-7H2,1-4H3. The van der Waals surface area contributed by atoms with Crippen LogP contribution in [0.15, 0.2) is 36.7 Å². The van der Waals surface area contributed by atoms with E-state index in [1.54, 1.807) is 0 Å². The highest BCUT2D eigenvalue weighted by Gasteiger charge is 2.07. The van der Waals surface area contributed by atoms with Crippen LogP contribution in [-0.2, 0) is 6.42 Å². The Morgan fingerprint density at radius 1 is 1.14 bits per heavy atom. The predicted octanol–water partition coefficient (Wildman–Crippen LogP) is 4.98. The summed E-state index contributed by atoms with van der Waals surface area (Å²) < 4.78 is 1.98. The quantitative estimate of drug-likeness (QED) is 0.777. The van der Waals surface area contributed by atoms with Gasteiger partial charge in [-0.2, -0.15) is 5.10 Å². The number of nitrogens with zero attached hydrogens (tertiary/aromatic N) is 2. The van der Waals surface area contributed by atoms with Gasteiger partial charge in [0.2, 0.25) is 0 Å². The summed E-state index contributed by atoms with van der Waals surface area (Å²) in [7, 11) is 0. The molecule has 0 aliphatic carbocycles. The highest BCUT2D eigenvalue weighted by molar-refractivity contribution is 5.42. The van der Waals surface area contributed by atoms with Gasteiger partial charge in [-0.3, -0.25) is 4.68 Å². The van der Waals surface area contributed by atoms with Gasteiger partial charge in [-0.1, -0.05) is 37.6 Å². The first-order chi connectivity index (χ1) is 10.1. The van der Waals surface area contributed by atoms with E-state index < -0.39 is 0 Å². The normalized spacial score (nSPS) is 12.6. The number of anilines is 1. The Morgan fingerprint density at radius 2 is 1.86 bits per heavy atom. The molecule has 0 bridgehead atoms. The Morgan fingerprint density at radius 3 is 2.43 bits per heavy atom. The molecule has 0 fully saturated rings. The molecule has 0 amide bonds. The molecule has 3 heteroatoms. The molecule has 2 rings (SSSR count). The van der Waals surface area contributed by atoms with Crippen LogP contribution in [0.1, 0.15) is 63.7 Å². The van der Waals surface area contributed by atoms with Crippen LogP contribution in [0.5, 0.6) is 0 Å². The monoisotopic (exact) mass is 285 g/mol. The van der Waals surface area contributed by atoms with Crippen LogP contribution in [0.4, 0.5) is 5.69 Å². The highest BCUT2D eigenvalue weighted by Crippen LogP contribution is 2.20. The minimum Gasteiger partial charge on any atom is -0.376 e. The summed E-state index contributed by atoms with van der Waals surface area (Å²) in [5.41, 5.74) is 3.82. The summed E-state index contributed by atoms with van der Waals surface area (Å²) in [5.74, 6) is 0. The Hall–Kier alpha value is -1.77. The van der Waals surface area contributed by atoms with E-state index in [1.807, 2.05) is 10.9 Å². The molecule has 1 heterocycles. The van der Waals surface area contributed by atoms with Crippen molar-refractivity contribution in [2.24, 2.45) is 0 Å². The van der Waals surface area contributed by atoms with E-state index in [4.69, 9.17) is 0 Å². The minimum absolute atomic E-state index is 0.287. The SMILES string of the molecule is CCCCc1ccc(C(C)Nc2cnn(C(C)C)c2)cc1. The molecule has 0 saturated carbocycles. The zero-order valence-corrected chi connectivity index (χ0v) is 13.6. The zero-order valence-electron chi connectivity index (χ0n) is 13.6. The number of rotatable bonds is 7. The minimum atomic E-state index is 0.287. The summed E-state index contributed by atoms with van der Waals surface area (Å²) in [6, 6.07) is 9.65. The van der Waals surface area contributed by atoms with Crippen molar-refractivity contribution < 1.29 is 0 Å². The molecule has 0 aliphatic heterocycles. The van der Waals surface area contributed by atoms with Crippen LogP contribution in [-0.4, -0.2) is 9.78 Å². The van der Waals surface area contributed by atoms with Crippen molar-refractivity contribution in [3.05, 3.63) is 47.8 Å². The third-order valence-electron chi connectivity index (χ3n) is 3.81. The van der Waals surface area contributed by atoms with E-state index in [2.05, 4.69) is 68.6 Å². The molecule has 3 nitrogen and oxygen atoms in total. The van der Waals surface area contributed by atoms with Gasteiger partial charge in [0.15, 0.2) is 0 Å². The number of aryl methyl sites for hydroxylation is 1. The van der Waals surface area contributed by atoms with Gasteiger partial charge in [0.1, 0.15) is 0 Å². The van der Waals surface area contributed by atoms with Crippen molar-refractivity contribution in [3.8, 4) is 0 Å². The summed E-state index contributed by atoms with van der Waals surface area (Å²) in [5, 5.41) is 7.88. The maximum atomic E-state index is 4.36. The van der Waals surface area contributed by atoms with Crippen molar-refractivity contribution in [1.29, 1.82) is 0 Å². The van der Waals surface area contributed by atoms with E-state index in [0.29, 0.717) is 6.04 Å². The molecule has 1 N–H and O–H groups in total. The Balaban J connectivity index is 1.97. The molecule has 0 radical (unpaired) electrons. The molecular weight excluding hydrogens is 258 g/mol. The largest absolute Gasteiger partial charge is 0.376 e. The first-order valence-corrected chi connectivity index (χ1v) is 7.99. The molecule has 0 aliphatic rings. The molecule has 0 saturated heterocycles. The maximum absolute atomic E-state index is 4.36. The summed E-state index contributed by atoms with van der Waals surface area (Å²) in [6.07, 6.45) is 7.66. The van der Waals surface area contributed by atoms with Gasteiger partial charge in [-0.15, -0.1) is 0 Å². The van der Waals surface area contributed by atoms with Crippen LogP contribution in [0.3, 0.4) is 0 Å². The summed E-state index contributed by atoms with van der Waals surface area (Å²) >= 11 is 0. The fourth-order valence-corrected chi connectivity index (χ4v) is 2.38. The lowest BCUT2D eigenvalue weighted by molar-refractivity contribution is 0.532. The maximum Gasteiger partial charge on any atom is 0.0731 e. The molecule has 1 atom stereocenters. The van der Waals surface area contributed by atoms with Crippen molar-refractivity contribution in [1.82, 2.24) is 9.78 Å². The van der Waals surface area contributed by atoms with Gasteiger partial charge < -0.3 is 5.32 Å². The first-order valence-electron chi connectivity index (χ1n) is 7.99. The van der Waals surface area contributed by atoms with Gasteiger partial charge in [0.25, 0.3) is 0 Å². The number of unbranched alkanes of at least 4 members (excludes halogenated alkanes) is 1. The number of hydrogen-bond donors (Lipinski definition) is 1. The van der Waals surface area contributed by atoms with Crippen LogP contribution >= 0.6 is 0 Å². The van der Waals surface area contributed by atoms with Crippen molar-refractivity contribution in [3.63, 3.8) is 0 Å². The zero-order chi connectivity index (χ0) is 15.2. The van der Waals surface area contributed by atoms with Gasteiger partial charge in [0, 0.05) is 18.3 Å². The average molecular weight is 285 g/mol. The third kappa shape index (κ3) is 4.35. The smallest absolute Gasteiger partial charge is 0.0731 e. The summed E-state index contributed by atoms with van der Waals surface area (Å²) in [4.78, 5) is 0. The molecule has 114 valence electrons.